The van der Waals surface area contributed by atoms with E-state index in [0.29, 0.717) is 18.3 Å². The van der Waals surface area contributed by atoms with Gasteiger partial charge in [-0.05, 0) is 24.1 Å². The van der Waals surface area contributed by atoms with E-state index in [9.17, 15) is 4.79 Å². The lowest BCUT2D eigenvalue weighted by Crippen LogP contribution is -2.37. The number of nitrogens with one attached hydrogen (secondary N) is 2. The minimum Gasteiger partial charge on any atom is -0.335 e. The number of urea groups is 1. The molecule has 0 unspecified atom stereocenters. The third-order valence-electron chi connectivity index (χ3n) is 4.13. The lowest BCUT2D eigenvalue weighted by molar-refractivity contribution is 0.239. The highest BCUT2D eigenvalue weighted by Crippen LogP contribution is 2.40. The highest BCUT2D eigenvalue weighted by Gasteiger charge is 2.39. The maximum Gasteiger partial charge on any atom is 0.315 e. The second-order valence-electron chi connectivity index (χ2n) is 5.73. The van der Waals surface area contributed by atoms with Crippen LogP contribution in [0.15, 0.2) is 54.7 Å². The van der Waals surface area contributed by atoms with E-state index in [2.05, 4.69) is 33.0 Å². The van der Waals surface area contributed by atoms with Gasteiger partial charge in [-0.2, -0.15) is 0 Å². The summed E-state index contributed by atoms with van der Waals surface area (Å²) >= 11 is 0. The molecule has 2 heterocycles. The zero-order valence-electron chi connectivity index (χ0n) is 12.5. The summed E-state index contributed by atoms with van der Waals surface area (Å²) in [7, 11) is 0. The first-order chi connectivity index (χ1) is 11.3. The molecule has 0 spiro atoms. The summed E-state index contributed by atoms with van der Waals surface area (Å²) in [5, 5.41) is 14.0. The minimum atomic E-state index is -0.166. The van der Waals surface area contributed by atoms with Crippen molar-refractivity contribution in [2.45, 2.75) is 24.9 Å². The number of benzene rings is 1. The van der Waals surface area contributed by atoms with Crippen molar-refractivity contribution in [3.8, 4) is 0 Å². The molecular formula is C17H17N5O. The number of carbonyl (C=O) groups excluding carboxylic acids is 1. The summed E-state index contributed by atoms with van der Waals surface area (Å²) in [6.07, 6.45) is 2.88. The zero-order valence-corrected chi connectivity index (χ0v) is 12.5. The van der Waals surface area contributed by atoms with Gasteiger partial charge in [0.15, 0.2) is 11.5 Å². The molecule has 3 aromatic rings. The second kappa shape index (κ2) is 5.72. The van der Waals surface area contributed by atoms with Gasteiger partial charge in [-0.15, -0.1) is 10.2 Å². The Labute approximate surface area is 133 Å². The third kappa shape index (κ3) is 2.88. The van der Waals surface area contributed by atoms with Crippen LogP contribution < -0.4 is 10.6 Å². The molecule has 1 aliphatic carbocycles. The van der Waals surface area contributed by atoms with Crippen molar-refractivity contribution >= 4 is 11.7 Å². The highest BCUT2D eigenvalue weighted by atomic mass is 16.2. The first-order valence-corrected chi connectivity index (χ1v) is 7.69. The van der Waals surface area contributed by atoms with Crippen LogP contribution in [-0.4, -0.2) is 26.7 Å². The lowest BCUT2D eigenvalue weighted by Gasteiger charge is -2.06. The molecule has 2 aromatic heterocycles. The fraction of sp³-hybridized carbons (Fsp3) is 0.235. The van der Waals surface area contributed by atoms with Gasteiger partial charge in [0.25, 0.3) is 0 Å². The van der Waals surface area contributed by atoms with Crippen molar-refractivity contribution in [3.63, 3.8) is 0 Å². The lowest BCUT2D eigenvalue weighted by atomic mass is 10.1. The van der Waals surface area contributed by atoms with Crippen molar-refractivity contribution in [1.29, 1.82) is 0 Å². The summed E-state index contributed by atoms with van der Waals surface area (Å²) in [5.74, 6) is 1.14. The van der Waals surface area contributed by atoms with Crippen LogP contribution in [0.2, 0.25) is 0 Å². The summed E-state index contributed by atoms with van der Waals surface area (Å²) in [5.41, 5.74) is 2.05. The molecule has 0 saturated heterocycles. The Hall–Kier alpha value is -2.89. The van der Waals surface area contributed by atoms with Gasteiger partial charge < -0.3 is 10.6 Å². The van der Waals surface area contributed by atoms with E-state index < -0.39 is 0 Å². The Kier molecular flexibility index (Phi) is 3.42. The summed E-state index contributed by atoms with van der Waals surface area (Å²) in [6, 6.07) is 16.0. The fourth-order valence-corrected chi connectivity index (χ4v) is 2.81. The molecule has 2 amide bonds. The van der Waals surface area contributed by atoms with E-state index in [0.717, 1.165) is 12.1 Å². The van der Waals surface area contributed by atoms with E-state index in [1.807, 2.05) is 47.0 Å². The van der Waals surface area contributed by atoms with Gasteiger partial charge in [0.1, 0.15) is 0 Å². The maximum absolute atomic E-state index is 12.0. The number of pyridine rings is 1. The Morgan fingerprint density at radius 3 is 2.83 bits per heavy atom. The van der Waals surface area contributed by atoms with E-state index in [-0.39, 0.29) is 12.1 Å². The number of rotatable bonds is 4. The zero-order chi connectivity index (χ0) is 15.6. The smallest absolute Gasteiger partial charge is 0.315 e. The summed E-state index contributed by atoms with van der Waals surface area (Å²) < 4.78 is 1.87. The molecule has 1 aliphatic rings. The third-order valence-corrected chi connectivity index (χ3v) is 4.13. The van der Waals surface area contributed by atoms with Gasteiger partial charge in [-0.25, -0.2) is 4.79 Å². The molecule has 2 atom stereocenters. The number of nitrogens with zero attached hydrogens (tertiary/aromatic N) is 3. The molecule has 0 aliphatic heterocycles. The standard InChI is InChI=1S/C17H17N5O/c23-17(19-14-10-13(14)12-6-2-1-3-7-12)18-11-16-21-20-15-8-4-5-9-22(15)16/h1-9,13-14H,10-11H2,(H2,18,19,23)/t13-,14+/m1/s1. The molecular weight excluding hydrogens is 290 g/mol. The molecule has 4 rings (SSSR count). The van der Waals surface area contributed by atoms with Gasteiger partial charge >= 0.3 is 6.03 Å². The Bertz CT molecular complexity index is 829. The van der Waals surface area contributed by atoms with Gasteiger partial charge in [0.05, 0.1) is 6.54 Å². The normalized spacial score (nSPS) is 19.5. The molecule has 1 aromatic carbocycles. The predicted octanol–water partition coefficient (Wildman–Crippen LogP) is 2.08. The first kappa shape index (κ1) is 13.8. The van der Waals surface area contributed by atoms with Crippen LogP contribution in [0.3, 0.4) is 0 Å². The van der Waals surface area contributed by atoms with E-state index in [1.54, 1.807) is 0 Å². The first-order valence-electron chi connectivity index (χ1n) is 7.69. The molecule has 116 valence electrons. The number of hydrogen-bond donors (Lipinski definition) is 2. The maximum atomic E-state index is 12.0. The van der Waals surface area contributed by atoms with Gasteiger partial charge in [0, 0.05) is 18.2 Å². The monoisotopic (exact) mass is 307 g/mol. The summed E-state index contributed by atoms with van der Waals surface area (Å²) in [4.78, 5) is 12.0. The largest absolute Gasteiger partial charge is 0.335 e. The van der Waals surface area contributed by atoms with Gasteiger partial charge in [-0.1, -0.05) is 36.4 Å². The fourth-order valence-electron chi connectivity index (χ4n) is 2.81. The van der Waals surface area contributed by atoms with Crippen molar-refractivity contribution in [1.82, 2.24) is 25.2 Å². The Morgan fingerprint density at radius 2 is 1.96 bits per heavy atom. The average Bonchev–Trinajstić information content (AvgIpc) is 3.23. The van der Waals surface area contributed by atoms with Crippen LogP contribution in [0, 0.1) is 0 Å². The quantitative estimate of drug-likeness (QED) is 0.775. The Morgan fingerprint density at radius 1 is 1.13 bits per heavy atom. The van der Waals surface area contributed by atoms with Crippen molar-refractivity contribution in [3.05, 3.63) is 66.1 Å². The van der Waals surface area contributed by atoms with Crippen LogP contribution >= 0.6 is 0 Å². The van der Waals surface area contributed by atoms with Crippen LogP contribution in [0.25, 0.3) is 5.65 Å². The van der Waals surface area contributed by atoms with E-state index in [4.69, 9.17) is 0 Å². The minimum absolute atomic E-state index is 0.166. The van der Waals surface area contributed by atoms with Crippen molar-refractivity contribution in [2.75, 3.05) is 0 Å². The van der Waals surface area contributed by atoms with Gasteiger partial charge in [0.2, 0.25) is 0 Å². The number of amides is 2. The molecule has 23 heavy (non-hydrogen) atoms. The molecule has 1 saturated carbocycles. The molecule has 0 bridgehead atoms. The number of carbonyl (C=O) groups is 1. The van der Waals surface area contributed by atoms with E-state index >= 15 is 0 Å². The van der Waals surface area contributed by atoms with Crippen molar-refractivity contribution < 1.29 is 4.79 Å². The topological polar surface area (TPSA) is 71.3 Å². The number of aromatic nitrogens is 3. The molecule has 0 radical (unpaired) electrons. The van der Waals surface area contributed by atoms with Crippen LogP contribution in [0.5, 0.6) is 0 Å². The van der Waals surface area contributed by atoms with Crippen LogP contribution in [0.4, 0.5) is 4.79 Å². The second-order valence-corrected chi connectivity index (χ2v) is 5.73. The molecule has 2 N–H and O–H groups in total. The van der Waals surface area contributed by atoms with Gasteiger partial charge in [-0.3, -0.25) is 4.40 Å². The summed E-state index contributed by atoms with van der Waals surface area (Å²) in [6.45, 7) is 0.347. The number of fused-ring (bicyclic) bond motifs is 1. The molecule has 1 fully saturated rings. The van der Waals surface area contributed by atoms with E-state index in [1.165, 1.54) is 5.56 Å². The predicted molar refractivity (Wildman–Crippen MR) is 85.9 cm³/mol. The average molecular weight is 307 g/mol. The van der Waals surface area contributed by atoms with Crippen molar-refractivity contribution in [2.24, 2.45) is 0 Å². The SMILES string of the molecule is O=C(NCc1nnc2ccccn12)N[C@H]1C[C@@H]1c1ccccc1. The highest BCUT2D eigenvalue weighted by molar-refractivity contribution is 5.74. The molecule has 6 nitrogen and oxygen atoms in total. The Balaban J connectivity index is 1.31. The van der Waals surface area contributed by atoms with Crippen LogP contribution in [-0.2, 0) is 6.54 Å². The molecule has 6 heteroatoms. The van der Waals surface area contributed by atoms with Crippen LogP contribution in [0.1, 0.15) is 23.7 Å². The number of hydrogen-bond acceptors (Lipinski definition) is 3.